The Balaban J connectivity index is 1.41. The van der Waals surface area contributed by atoms with Crippen LogP contribution in [0.1, 0.15) is 61.3 Å². The maximum atomic E-state index is 13.9. The minimum atomic E-state index is -0.0312. The molecule has 39 heavy (non-hydrogen) atoms. The highest BCUT2D eigenvalue weighted by Gasteiger charge is 2.30. The number of benzene rings is 2. The van der Waals surface area contributed by atoms with Crippen LogP contribution < -0.4 is 9.80 Å². The lowest BCUT2D eigenvalue weighted by Gasteiger charge is -2.32. The number of nitrogens with zero attached hydrogens (tertiary/aromatic N) is 6. The summed E-state index contributed by atoms with van der Waals surface area (Å²) in [5.41, 5.74) is 3.46. The van der Waals surface area contributed by atoms with Gasteiger partial charge in [0.25, 0.3) is 5.91 Å². The molecule has 2 aromatic carbocycles. The predicted molar refractivity (Wildman–Crippen MR) is 154 cm³/mol. The average molecular weight is 527 g/mol. The van der Waals surface area contributed by atoms with Gasteiger partial charge >= 0.3 is 0 Å². The largest absolute Gasteiger partial charge is 0.383 e. The molecule has 1 fully saturated rings. The Hall–Kier alpha value is -3.54. The van der Waals surface area contributed by atoms with E-state index in [1.165, 1.54) is 5.56 Å². The standard InChI is InChI=1S/C31H38N6O2/c1-31(2,3)21-36-16-17-37(26-7-5-6-25-28(26)29(36)34-27(20-32)33-25)30(38)24-10-8-22(9-11-24)23-12-14-35(15-13-23)18-19-39-4/h5-11,23H,12-19,21H2,1-4H3. The van der Waals surface area contributed by atoms with Crippen molar-refractivity contribution in [3.63, 3.8) is 0 Å². The number of carbonyl (C=O) groups excluding carboxylic acids is 1. The Kier molecular flexibility index (Phi) is 7.83. The molecule has 0 atom stereocenters. The van der Waals surface area contributed by atoms with Crippen molar-refractivity contribution in [2.75, 3.05) is 62.8 Å². The second-order valence-corrected chi connectivity index (χ2v) is 11.8. The summed E-state index contributed by atoms with van der Waals surface area (Å²) in [6.45, 7) is 12.3. The zero-order valence-corrected chi connectivity index (χ0v) is 23.5. The molecule has 1 amide bonds. The van der Waals surface area contributed by atoms with Gasteiger partial charge in [-0.2, -0.15) is 5.26 Å². The van der Waals surface area contributed by atoms with Crippen LogP contribution in [0.25, 0.3) is 10.9 Å². The van der Waals surface area contributed by atoms with E-state index in [1.807, 2.05) is 35.2 Å². The first-order chi connectivity index (χ1) is 18.8. The van der Waals surface area contributed by atoms with E-state index in [0.717, 1.165) is 62.5 Å². The molecule has 1 aromatic heterocycles. The van der Waals surface area contributed by atoms with Gasteiger partial charge in [0.1, 0.15) is 11.9 Å². The molecule has 0 saturated carbocycles. The van der Waals surface area contributed by atoms with Crippen LogP contribution >= 0.6 is 0 Å². The number of rotatable bonds is 6. The van der Waals surface area contributed by atoms with E-state index < -0.39 is 0 Å². The number of piperidine rings is 1. The number of hydrogen-bond donors (Lipinski definition) is 0. The zero-order valence-electron chi connectivity index (χ0n) is 23.5. The fourth-order valence-corrected chi connectivity index (χ4v) is 5.80. The first-order valence-electron chi connectivity index (χ1n) is 13.9. The molecule has 0 radical (unpaired) electrons. The van der Waals surface area contributed by atoms with Gasteiger partial charge in [-0.3, -0.25) is 4.79 Å². The molecule has 5 rings (SSSR count). The molecule has 3 heterocycles. The van der Waals surface area contributed by atoms with Crippen molar-refractivity contribution in [2.45, 2.75) is 39.5 Å². The molecule has 2 aliphatic rings. The molecule has 1 saturated heterocycles. The van der Waals surface area contributed by atoms with E-state index >= 15 is 0 Å². The van der Waals surface area contributed by atoms with Crippen molar-refractivity contribution >= 4 is 28.3 Å². The first-order valence-corrected chi connectivity index (χ1v) is 13.9. The number of anilines is 2. The highest BCUT2D eigenvalue weighted by Crippen LogP contribution is 2.37. The van der Waals surface area contributed by atoms with Crippen molar-refractivity contribution in [3.05, 3.63) is 59.4 Å². The molecule has 0 spiro atoms. The number of nitriles is 1. The van der Waals surface area contributed by atoms with Crippen LogP contribution in [-0.2, 0) is 4.74 Å². The summed E-state index contributed by atoms with van der Waals surface area (Å²) in [5, 5.41) is 10.4. The molecule has 3 aromatic rings. The van der Waals surface area contributed by atoms with Crippen LogP contribution in [-0.4, -0.2) is 73.8 Å². The Morgan fingerprint density at radius 3 is 2.46 bits per heavy atom. The van der Waals surface area contributed by atoms with Crippen molar-refractivity contribution in [2.24, 2.45) is 5.41 Å². The molecule has 0 unspecified atom stereocenters. The summed E-state index contributed by atoms with van der Waals surface area (Å²) < 4.78 is 5.22. The summed E-state index contributed by atoms with van der Waals surface area (Å²) in [6, 6.07) is 16.1. The molecule has 0 bridgehead atoms. The van der Waals surface area contributed by atoms with Crippen LogP contribution in [0, 0.1) is 16.7 Å². The summed E-state index contributed by atoms with van der Waals surface area (Å²) in [6.07, 6.45) is 2.24. The highest BCUT2D eigenvalue weighted by molar-refractivity contribution is 6.13. The predicted octanol–water partition coefficient (Wildman–Crippen LogP) is 4.84. The molecule has 0 aliphatic carbocycles. The molecule has 8 heteroatoms. The third-order valence-corrected chi connectivity index (χ3v) is 7.70. The van der Waals surface area contributed by atoms with Crippen molar-refractivity contribution in [1.82, 2.24) is 14.9 Å². The minimum absolute atomic E-state index is 0.00790. The molecular weight excluding hydrogens is 488 g/mol. The normalized spacial score (nSPS) is 16.8. The number of amides is 1. The highest BCUT2D eigenvalue weighted by atomic mass is 16.5. The van der Waals surface area contributed by atoms with Crippen molar-refractivity contribution in [3.8, 4) is 6.07 Å². The van der Waals surface area contributed by atoms with E-state index in [2.05, 4.69) is 58.7 Å². The Labute approximate surface area is 231 Å². The van der Waals surface area contributed by atoms with Crippen LogP contribution in [0.4, 0.5) is 11.5 Å². The van der Waals surface area contributed by atoms with Gasteiger partial charge in [0.05, 0.1) is 23.2 Å². The first kappa shape index (κ1) is 27.0. The lowest BCUT2D eigenvalue weighted by Crippen LogP contribution is -2.40. The zero-order chi connectivity index (χ0) is 27.6. The SMILES string of the molecule is COCCN1CCC(c2ccc(C(=O)N3CCN(CC(C)(C)C)c4nc(C#N)nc5cccc3c45)cc2)CC1. The number of hydrogen-bond acceptors (Lipinski definition) is 7. The topological polar surface area (TPSA) is 85.6 Å². The second kappa shape index (κ2) is 11.3. The lowest BCUT2D eigenvalue weighted by atomic mass is 9.89. The maximum Gasteiger partial charge on any atom is 0.258 e. The average Bonchev–Trinajstić information content (AvgIpc) is 3.09. The van der Waals surface area contributed by atoms with Crippen molar-refractivity contribution < 1.29 is 9.53 Å². The van der Waals surface area contributed by atoms with Gasteiger partial charge in [-0.15, -0.1) is 0 Å². The second-order valence-electron chi connectivity index (χ2n) is 11.8. The van der Waals surface area contributed by atoms with Crippen LogP contribution in [0.3, 0.4) is 0 Å². The van der Waals surface area contributed by atoms with Gasteiger partial charge in [-0.25, -0.2) is 9.97 Å². The van der Waals surface area contributed by atoms with E-state index in [0.29, 0.717) is 30.1 Å². The van der Waals surface area contributed by atoms with E-state index in [4.69, 9.17) is 4.74 Å². The summed E-state index contributed by atoms with van der Waals surface area (Å²) >= 11 is 0. The third-order valence-electron chi connectivity index (χ3n) is 7.70. The number of aromatic nitrogens is 2. The summed E-state index contributed by atoms with van der Waals surface area (Å²) in [5.74, 6) is 1.36. The van der Waals surface area contributed by atoms with Crippen LogP contribution in [0.15, 0.2) is 42.5 Å². The van der Waals surface area contributed by atoms with Crippen LogP contribution in [0.5, 0.6) is 0 Å². The van der Waals surface area contributed by atoms with E-state index in [9.17, 15) is 10.1 Å². The molecular formula is C31H38N6O2. The quantitative estimate of drug-likeness (QED) is 0.454. The molecule has 204 valence electrons. The summed E-state index contributed by atoms with van der Waals surface area (Å²) in [4.78, 5) is 29.6. The molecule has 0 N–H and O–H groups in total. The monoisotopic (exact) mass is 526 g/mol. The van der Waals surface area contributed by atoms with Gasteiger partial charge in [0.15, 0.2) is 0 Å². The van der Waals surface area contributed by atoms with Crippen molar-refractivity contribution in [1.29, 1.82) is 5.26 Å². The number of ether oxygens (including phenoxy) is 1. The molecule has 8 nitrogen and oxygen atoms in total. The van der Waals surface area contributed by atoms with Crippen LogP contribution in [0.2, 0.25) is 0 Å². The van der Waals surface area contributed by atoms with Gasteiger partial charge in [0, 0.05) is 38.9 Å². The molecule has 2 aliphatic heterocycles. The van der Waals surface area contributed by atoms with Gasteiger partial charge in [-0.05, 0) is 67.1 Å². The fraction of sp³-hybridized carbons (Fsp3) is 0.484. The Morgan fingerprint density at radius 1 is 1.05 bits per heavy atom. The minimum Gasteiger partial charge on any atom is -0.383 e. The number of methoxy groups -OCH3 is 1. The Morgan fingerprint density at radius 2 is 1.79 bits per heavy atom. The maximum absolute atomic E-state index is 13.9. The lowest BCUT2D eigenvalue weighted by molar-refractivity contribution is 0.0988. The van der Waals surface area contributed by atoms with Gasteiger partial charge in [0.2, 0.25) is 5.82 Å². The number of likely N-dealkylation sites (tertiary alicyclic amines) is 1. The number of carbonyl (C=O) groups is 1. The fourth-order valence-electron chi connectivity index (χ4n) is 5.80. The van der Waals surface area contributed by atoms with Gasteiger partial charge < -0.3 is 19.4 Å². The van der Waals surface area contributed by atoms with Gasteiger partial charge in [-0.1, -0.05) is 39.0 Å². The Bertz CT molecular complexity index is 1370. The third kappa shape index (κ3) is 5.90. The summed E-state index contributed by atoms with van der Waals surface area (Å²) in [7, 11) is 1.75. The van der Waals surface area contributed by atoms with E-state index in [-0.39, 0.29) is 17.1 Å². The smallest absolute Gasteiger partial charge is 0.258 e. The van der Waals surface area contributed by atoms with E-state index in [1.54, 1.807) is 7.11 Å².